The van der Waals surface area contributed by atoms with Crippen LogP contribution in [0.2, 0.25) is 0 Å². The van der Waals surface area contributed by atoms with Crippen molar-refractivity contribution in [2.24, 2.45) is 5.92 Å². The van der Waals surface area contributed by atoms with Crippen LogP contribution in [0.25, 0.3) is 10.9 Å². The first-order valence-electron chi connectivity index (χ1n) is 10.5. The number of carbonyl (C=O) groups excluding carboxylic acids is 1. The Hall–Kier alpha value is -2.10. The number of nitrogens with one attached hydrogen (secondary N) is 1. The van der Waals surface area contributed by atoms with Gasteiger partial charge in [0.2, 0.25) is 5.43 Å². The minimum Gasteiger partial charge on any atom is -0.462 e. The van der Waals surface area contributed by atoms with Gasteiger partial charge in [-0.25, -0.2) is 4.79 Å². The van der Waals surface area contributed by atoms with Gasteiger partial charge >= 0.3 is 5.97 Å². The van der Waals surface area contributed by atoms with Crippen LogP contribution in [0.15, 0.2) is 29.2 Å². The largest absolute Gasteiger partial charge is 0.462 e. The molecule has 4 heteroatoms. The molecule has 0 radical (unpaired) electrons. The maximum Gasteiger partial charge on any atom is 0.343 e. The summed E-state index contributed by atoms with van der Waals surface area (Å²) in [7, 11) is 0. The van der Waals surface area contributed by atoms with E-state index >= 15 is 0 Å². The summed E-state index contributed by atoms with van der Waals surface area (Å²) in [5, 5.41) is 0.586. The van der Waals surface area contributed by atoms with E-state index in [2.05, 4.69) is 18.0 Å². The second-order valence-corrected chi connectivity index (χ2v) is 7.77. The van der Waals surface area contributed by atoms with Crippen molar-refractivity contribution in [1.82, 2.24) is 4.98 Å². The number of pyridine rings is 1. The highest BCUT2D eigenvalue weighted by molar-refractivity contribution is 5.93. The zero-order chi connectivity index (χ0) is 19.2. The number of rotatable bonds is 7. The van der Waals surface area contributed by atoms with E-state index < -0.39 is 5.97 Å². The average molecular weight is 370 g/mol. The summed E-state index contributed by atoms with van der Waals surface area (Å²) >= 11 is 0. The van der Waals surface area contributed by atoms with E-state index in [0.29, 0.717) is 11.3 Å². The number of aromatic nitrogens is 1. The minimum absolute atomic E-state index is 0.0844. The Morgan fingerprint density at radius 3 is 2.63 bits per heavy atom. The number of hydrogen-bond donors (Lipinski definition) is 1. The van der Waals surface area contributed by atoms with Gasteiger partial charge in [-0.1, -0.05) is 38.7 Å². The lowest BCUT2D eigenvalue weighted by Gasteiger charge is -2.29. The Labute approximate surface area is 161 Å². The van der Waals surface area contributed by atoms with Gasteiger partial charge in [-0.05, 0) is 62.1 Å². The van der Waals surface area contributed by atoms with Crippen LogP contribution >= 0.6 is 0 Å². The lowest BCUT2D eigenvalue weighted by atomic mass is 9.77. The molecule has 0 unspecified atom stereocenters. The molecule has 1 aromatic heterocycles. The molecule has 0 amide bonds. The van der Waals surface area contributed by atoms with E-state index in [-0.39, 0.29) is 17.6 Å². The third-order valence-electron chi connectivity index (χ3n) is 5.93. The van der Waals surface area contributed by atoms with Crippen molar-refractivity contribution in [3.05, 3.63) is 45.7 Å². The van der Waals surface area contributed by atoms with Crippen molar-refractivity contribution in [2.45, 2.75) is 71.1 Å². The molecule has 0 atom stereocenters. The molecule has 146 valence electrons. The predicted octanol–water partition coefficient (Wildman–Crippen LogP) is 5.56. The Balaban J connectivity index is 1.75. The van der Waals surface area contributed by atoms with E-state index in [1.54, 1.807) is 6.92 Å². The van der Waals surface area contributed by atoms with Crippen molar-refractivity contribution in [3.8, 4) is 0 Å². The van der Waals surface area contributed by atoms with Gasteiger partial charge in [0, 0.05) is 17.1 Å². The van der Waals surface area contributed by atoms with Crippen LogP contribution < -0.4 is 5.43 Å². The first-order chi connectivity index (χ1) is 13.1. The molecule has 1 N–H and O–H groups in total. The molecule has 0 bridgehead atoms. The smallest absolute Gasteiger partial charge is 0.343 e. The number of esters is 1. The molecule has 1 aliphatic rings. The molecule has 1 heterocycles. The fourth-order valence-electron chi connectivity index (χ4n) is 4.32. The molecular weight excluding hydrogens is 338 g/mol. The average Bonchev–Trinajstić information content (AvgIpc) is 2.69. The topological polar surface area (TPSA) is 59.2 Å². The van der Waals surface area contributed by atoms with Crippen LogP contribution in [0.1, 0.15) is 87.1 Å². The lowest BCUT2D eigenvalue weighted by molar-refractivity contribution is 0.0524. The van der Waals surface area contributed by atoms with Crippen LogP contribution in [0.5, 0.6) is 0 Å². The van der Waals surface area contributed by atoms with Gasteiger partial charge in [-0.2, -0.15) is 0 Å². The van der Waals surface area contributed by atoms with Crippen molar-refractivity contribution < 1.29 is 9.53 Å². The van der Waals surface area contributed by atoms with E-state index in [9.17, 15) is 9.59 Å². The second-order valence-electron chi connectivity index (χ2n) is 7.77. The monoisotopic (exact) mass is 369 g/mol. The summed E-state index contributed by atoms with van der Waals surface area (Å²) in [6, 6.07) is 6.08. The Kier molecular flexibility index (Phi) is 6.70. The number of aromatic amines is 1. The summed E-state index contributed by atoms with van der Waals surface area (Å²) in [6.45, 7) is 4.26. The number of hydrogen-bond acceptors (Lipinski definition) is 3. The molecule has 1 fully saturated rings. The maximum atomic E-state index is 12.8. The Morgan fingerprint density at radius 2 is 1.93 bits per heavy atom. The van der Waals surface area contributed by atoms with E-state index in [4.69, 9.17) is 4.74 Å². The van der Waals surface area contributed by atoms with E-state index in [1.165, 1.54) is 63.1 Å². The molecule has 1 aliphatic carbocycles. The number of unbranched alkanes of at least 4 members (excludes halogenated alkanes) is 2. The van der Waals surface area contributed by atoms with Crippen LogP contribution in [0.4, 0.5) is 0 Å². The molecule has 0 spiro atoms. The molecule has 1 aromatic carbocycles. The number of carbonyl (C=O) groups is 1. The zero-order valence-corrected chi connectivity index (χ0v) is 16.6. The molecule has 4 nitrogen and oxygen atoms in total. The molecule has 1 saturated carbocycles. The third kappa shape index (κ3) is 4.60. The highest BCUT2D eigenvalue weighted by Crippen LogP contribution is 2.38. The van der Waals surface area contributed by atoms with E-state index in [0.717, 1.165) is 11.4 Å². The van der Waals surface area contributed by atoms with Gasteiger partial charge in [0.05, 0.1) is 6.61 Å². The van der Waals surface area contributed by atoms with Crippen molar-refractivity contribution in [2.75, 3.05) is 6.61 Å². The summed E-state index contributed by atoms with van der Waals surface area (Å²) in [5.41, 5.74) is 1.84. The fourth-order valence-corrected chi connectivity index (χ4v) is 4.32. The van der Waals surface area contributed by atoms with Crippen LogP contribution in [0, 0.1) is 5.92 Å². The summed E-state index contributed by atoms with van der Waals surface area (Å²) in [6.07, 6.45) is 11.8. The minimum atomic E-state index is -0.557. The molecular formula is C23H31NO3. The van der Waals surface area contributed by atoms with Crippen LogP contribution in [-0.4, -0.2) is 17.6 Å². The van der Waals surface area contributed by atoms with Crippen molar-refractivity contribution >= 4 is 16.9 Å². The second kappa shape index (κ2) is 9.20. The summed E-state index contributed by atoms with van der Waals surface area (Å²) < 4.78 is 5.00. The maximum absolute atomic E-state index is 12.8. The quantitative estimate of drug-likeness (QED) is 0.513. The number of H-pyrrole nitrogens is 1. The Morgan fingerprint density at radius 1 is 1.15 bits per heavy atom. The van der Waals surface area contributed by atoms with Gasteiger partial charge in [0.25, 0.3) is 0 Å². The predicted molar refractivity (Wildman–Crippen MR) is 109 cm³/mol. The zero-order valence-electron chi connectivity index (χ0n) is 16.6. The van der Waals surface area contributed by atoms with Crippen LogP contribution in [-0.2, 0) is 4.74 Å². The Bertz CT molecular complexity index is 831. The number of fused-ring (bicyclic) bond motifs is 1. The molecule has 27 heavy (non-hydrogen) atoms. The summed E-state index contributed by atoms with van der Waals surface area (Å²) in [5.74, 6) is 0.827. The fraction of sp³-hybridized carbons (Fsp3) is 0.565. The first kappa shape index (κ1) is 19.7. The lowest BCUT2D eigenvalue weighted by Crippen LogP contribution is -2.18. The molecule has 3 rings (SSSR count). The third-order valence-corrected chi connectivity index (χ3v) is 5.93. The van der Waals surface area contributed by atoms with Crippen LogP contribution in [0.3, 0.4) is 0 Å². The molecule has 0 saturated heterocycles. The number of benzene rings is 1. The molecule has 0 aliphatic heterocycles. The SMILES string of the molecule is CCCCCC1CCC(c2ccc3[nH]cc(C(=O)OCC)c(=O)c3c2)CC1. The van der Waals surface area contributed by atoms with E-state index in [1.807, 2.05) is 12.1 Å². The van der Waals surface area contributed by atoms with Crippen molar-refractivity contribution in [1.29, 1.82) is 0 Å². The molecule has 2 aromatic rings. The summed E-state index contributed by atoms with van der Waals surface area (Å²) in [4.78, 5) is 27.8. The number of ether oxygens (including phenoxy) is 1. The highest BCUT2D eigenvalue weighted by atomic mass is 16.5. The van der Waals surface area contributed by atoms with Crippen molar-refractivity contribution in [3.63, 3.8) is 0 Å². The normalized spacial score (nSPS) is 19.9. The highest BCUT2D eigenvalue weighted by Gasteiger charge is 2.23. The van der Waals surface area contributed by atoms with Gasteiger partial charge in [0.15, 0.2) is 0 Å². The van der Waals surface area contributed by atoms with Gasteiger partial charge in [-0.3, -0.25) is 4.79 Å². The van der Waals surface area contributed by atoms with Gasteiger partial charge < -0.3 is 9.72 Å². The van der Waals surface area contributed by atoms with Gasteiger partial charge in [0.1, 0.15) is 5.56 Å². The standard InChI is InChI=1S/C23H31NO3/c1-3-5-6-7-16-8-10-17(11-9-16)18-12-13-21-19(14-18)22(25)20(15-24-21)23(26)27-4-2/h12-17H,3-11H2,1-2H3,(H,24,25). The first-order valence-corrected chi connectivity index (χ1v) is 10.5. The van der Waals surface area contributed by atoms with Gasteiger partial charge in [-0.15, -0.1) is 0 Å².